The molecular weight excluding hydrogens is 568 g/mol. The van der Waals surface area contributed by atoms with Crippen molar-refractivity contribution in [2.75, 3.05) is 25.0 Å². The first-order valence-electron chi connectivity index (χ1n) is 10.1. The summed E-state index contributed by atoms with van der Waals surface area (Å²) in [5, 5.41) is 14.4. The van der Waals surface area contributed by atoms with E-state index in [0.29, 0.717) is 8.59 Å². The summed E-state index contributed by atoms with van der Waals surface area (Å²) in [6.07, 6.45) is -0.274. The van der Waals surface area contributed by atoms with Gasteiger partial charge >= 0.3 is 0 Å². The van der Waals surface area contributed by atoms with Crippen LogP contribution in [-0.4, -0.2) is 41.1 Å². The maximum Gasteiger partial charge on any atom is 0.254 e. The number of aliphatic hydroxyl groups is 1. The summed E-state index contributed by atoms with van der Waals surface area (Å²) in [4.78, 5) is 14.4. The summed E-state index contributed by atoms with van der Waals surface area (Å²) in [6.45, 7) is 0.225. The number of benzene rings is 3. The van der Waals surface area contributed by atoms with Gasteiger partial charge in [-0.05, 0) is 76.7 Å². The van der Waals surface area contributed by atoms with Gasteiger partial charge in [-0.25, -0.2) is 13.2 Å². The molecule has 0 bridgehead atoms. The molecule has 0 spiro atoms. The summed E-state index contributed by atoms with van der Waals surface area (Å²) in [5.41, 5.74) is -0.522. The van der Waals surface area contributed by atoms with Crippen LogP contribution in [0.4, 0.5) is 18.9 Å². The molecule has 1 amide bonds. The van der Waals surface area contributed by atoms with E-state index in [1.165, 1.54) is 23.1 Å². The highest BCUT2D eigenvalue weighted by Crippen LogP contribution is 2.28. The van der Waals surface area contributed by atoms with Crippen LogP contribution in [0.25, 0.3) is 0 Å². The van der Waals surface area contributed by atoms with Gasteiger partial charge in [0.05, 0.1) is 13.1 Å². The summed E-state index contributed by atoms with van der Waals surface area (Å²) in [6, 6.07) is 13.5. The van der Waals surface area contributed by atoms with E-state index in [0.717, 1.165) is 11.8 Å². The van der Waals surface area contributed by atoms with Gasteiger partial charge in [0.1, 0.15) is 11.4 Å². The molecule has 0 unspecified atom stereocenters. The molecule has 0 aliphatic carbocycles. The highest BCUT2D eigenvalue weighted by molar-refractivity contribution is 14.1. The standard InChI is InChI=1S/C24H19ClF3IN2O2/c25-15-2-5-17(6-3-15)30-11-24(33)12-31(13-24)23(32)18-7-8-20(26)22(28)19(18)9-14-1-4-16(29)10-21(14)27/h1-8,10,30,33H,9,11-13H2. The van der Waals surface area contributed by atoms with E-state index in [-0.39, 0.29) is 42.7 Å². The fourth-order valence-electron chi connectivity index (χ4n) is 3.75. The van der Waals surface area contributed by atoms with Gasteiger partial charge in [-0.2, -0.15) is 0 Å². The molecule has 0 atom stereocenters. The number of hydrogen-bond donors (Lipinski definition) is 2. The zero-order valence-corrected chi connectivity index (χ0v) is 20.1. The molecule has 0 aromatic heterocycles. The number of nitrogens with zero attached hydrogens (tertiary/aromatic N) is 1. The van der Waals surface area contributed by atoms with Crippen molar-refractivity contribution in [3.05, 3.63) is 97.3 Å². The minimum atomic E-state index is -1.18. The number of carbonyl (C=O) groups excluding carboxylic acids is 1. The molecule has 1 aliphatic heterocycles. The number of likely N-dealkylation sites (tertiary alicyclic amines) is 1. The Morgan fingerprint density at radius 3 is 2.42 bits per heavy atom. The van der Waals surface area contributed by atoms with Gasteiger partial charge < -0.3 is 15.3 Å². The number of anilines is 1. The van der Waals surface area contributed by atoms with Crippen molar-refractivity contribution in [3.63, 3.8) is 0 Å². The number of amides is 1. The van der Waals surface area contributed by atoms with Crippen LogP contribution in [0, 0.1) is 21.0 Å². The quantitative estimate of drug-likeness (QED) is 0.388. The van der Waals surface area contributed by atoms with Gasteiger partial charge in [0.25, 0.3) is 5.91 Å². The van der Waals surface area contributed by atoms with E-state index in [2.05, 4.69) is 5.32 Å². The van der Waals surface area contributed by atoms with Gasteiger partial charge in [0, 0.05) is 38.4 Å². The van der Waals surface area contributed by atoms with Crippen molar-refractivity contribution in [1.82, 2.24) is 4.90 Å². The summed E-state index contributed by atoms with van der Waals surface area (Å²) in [7, 11) is 0. The highest BCUT2D eigenvalue weighted by Gasteiger charge is 2.44. The van der Waals surface area contributed by atoms with Crippen molar-refractivity contribution in [3.8, 4) is 0 Å². The monoisotopic (exact) mass is 586 g/mol. The first-order valence-corrected chi connectivity index (χ1v) is 11.5. The second kappa shape index (κ2) is 9.52. The van der Waals surface area contributed by atoms with Crippen LogP contribution in [0.15, 0.2) is 54.6 Å². The van der Waals surface area contributed by atoms with E-state index in [4.69, 9.17) is 11.6 Å². The Bertz CT molecular complexity index is 1200. The molecule has 3 aromatic carbocycles. The zero-order valence-electron chi connectivity index (χ0n) is 17.2. The lowest BCUT2D eigenvalue weighted by Crippen LogP contribution is -2.66. The van der Waals surface area contributed by atoms with E-state index in [9.17, 15) is 23.1 Å². The fraction of sp³-hybridized carbons (Fsp3) is 0.208. The lowest BCUT2D eigenvalue weighted by Gasteiger charge is -2.46. The van der Waals surface area contributed by atoms with Crippen molar-refractivity contribution in [2.45, 2.75) is 12.0 Å². The Morgan fingerprint density at radius 1 is 1.06 bits per heavy atom. The van der Waals surface area contributed by atoms with Gasteiger partial charge in [0.2, 0.25) is 0 Å². The topological polar surface area (TPSA) is 52.6 Å². The summed E-state index contributed by atoms with van der Waals surface area (Å²) < 4.78 is 43.6. The Balaban J connectivity index is 1.48. The number of nitrogens with one attached hydrogen (secondary N) is 1. The number of halogens is 5. The zero-order chi connectivity index (χ0) is 23.8. The van der Waals surface area contributed by atoms with Crippen molar-refractivity contribution in [2.24, 2.45) is 0 Å². The van der Waals surface area contributed by atoms with Gasteiger partial charge in [-0.1, -0.05) is 17.7 Å². The maximum atomic E-state index is 14.7. The van der Waals surface area contributed by atoms with Crippen molar-refractivity contribution in [1.29, 1.82) is 0 Å². The second-order valence-electron chi connectivity index (χ2n) is 8.05. The van der Waals surface area contributed by atoms with Crippen LogP contribution in [0.1, 0.15) is 21.5 Å². The van der Waals surface area contributed by atoms with E-state index >= 15 is 0 Å². The molecule has 3 aromatic rings. The van der Waals surface area contributed by atoms with E-state index < -0.39 is 29.0 Å². The number of β-amino-alcohol motifs (C(OH)–C–C–N with tert-alkyl or cyclic N) is 1. The summed E-state index contributed by atoms with van der Waals surface area (Å²) >= 11 is 7.81. The molecule has 0 radical (unpaired) electrons. The van der Waals surface area contributed by atoms with Crippen LogP contribution in [0.5, 0.6) is 0 Å². The second-order valence-corrected chi connectivity index (χ2v) is 9.73. The molecule has 1 fully saturated rings. The van der Waals surface area contributed by atoms with E-state index in [1.54, 1.807) is 30.3 Å². The Morgan fingerprint density at radius 2 is 1.76 bits per heavy atom. The van der Waals surface area contributed by atoms with Gasteiger partial charge in [-0.15, -0.1) is 0 Å². The van der Waals surface area contributed by atoms with Gasteiger partial charge in [0.15, 0.2) is 11.6 Å². The molecule has 0 saturated carbocycles. The number of rotatable bonds is 6. The first kappa shape index (κ1) is 23.8. The molecule has 1 saturated heterocycles. The predicted octanol–water partition coefficient (Wildman–Crippen LogP) is 5.25. The molecular formula is C24H19ClF3IN2O2. The van der Waals surface area contributed by atoms with E-state index in [1.807, 2.05) is 22.6 Å². The highest BCUT2D eigenvalue weighted by atomic mass is 127. The SMILES string of the molecule is O=C(c1ccc(F)c(F)c1Cc1ccc(I)cc1F)N1CC(O)(CNc2ccc(Cl)cc2)C1. The smallest absolute Gasteiger partial charge is 0.254 e. The fourth-order valence-corrected chi connectivity index (χ4v) is 4.32. The molecule has 33 heavy (non-hydrogen) atoms. The van der Waals surface area contributed by atoms with Crippen LogP contribution >= 0.6 is 34.2 Å². The molecule has 1 heterocycles. The molecule has 2 N–H and O–H groups in total. The number of hydrogen-bond acceptors (Lipinski definition) is 3. The normalized spacial score (nSPS) is 14.7. The van der Waals surface area contributed by atoms with Crippen LogP contribution < -0.4 is 5.32 Å². The predicted molar refractivity (Wildman–Crippen MR) is 129 cm³/mol. The molecule has 1 aliphatic rings. The maximum absolute atomic E-state index is 14.7. The first-order chi connectivity index (χ1) is 15.6. The lowest BCUT2D eigenvalue weighted by atomic mass is 9.91. The third-order valence-electron chi connectivity index (χ3n) is 5.53. The number of carbonyl (C=O) groups is 1. The van der Waals surface area contributed by atoms with Crippen molar-refractivity contribution >= 4 is 45.8 Å². The Hall–Kier alpha value is -2.30. The lowest BCUT2D eigenvalue weighted by molar-refractivity contribution is -0.0707. The molecule has 9 heteroatoms. The van der Waals surface area contributed by atoms with Crippen LogP contribution in [0.2, 0.25) is 5.02 Å². The average Bonchev–Trinajstić information content (AvgIpc) is 2.76. The van der Waals surface area contributed by atoms with Crippen molar-refractivity contribution < 1.29 is 23.1 Å². The largest absolute Gasteiger partial charge is 0.384 e. The molecule has 4 nitrogen and oxygen atoms in total. The third kappa shape index (κ3) is 5.28. The average molecular weight is 587 g/mol. The molecule has 4 rings (SSSR count). The Labute approximate surface area is 207 Å². The third-order valence-corrected chi connectivity index (χ3v) is 6.46. The Kier molecular flexibility index (Phi) is 6.88. The summed E-state index contributed by atoms with van der Waals surface area (Å²) in [5.74, 6) is -3.40. The van der Waals surface area contributed by atoms with Gasteiger partial charge in [-0.3, -0.25) is 4.79 Å². The minimum Gasteiger partial charge on any atom is -0.384 e. The van der Waals surface area contributed by atoms with Crippen LogP contribution in [0.3, 0.4) is 0 Å². The molecule has 172 valence electrons. The minimum absolute atomic E-state index is 0.0166. The van der Waals surface area contributed by atoms with Crippen LogP contribution in [-0.2, 0) is 6.42 Å².